The highest BCUT2D eigenvalue weighted by atomic mass is 19.1. The number of aliphatic carboxylic acids is 1. The highest BCUT2D eigenvalue weighted by Crippen LogP contribution is 2.30. The summed E-state index contributed by atoms with van der Waals surface area (Å²) in [5.74, 6) is -2.47. The zero-order valence-electron chi connectivity index (χ0n) is 13.2. The van der Waals surface area contributed by atoms with Gasteiger partial charge in [-0.05, 0) is 31.0 Å². The van der Waals surface area contributed by atoms with Crippen LogP contribution in [0.3, 0.4) is 0 Å². The Kier molecular flexibility index (Phi) is 4.35. The minimum atomic E-state index is -1.32. The molecule has 0 radical (unpaired) electrons. The Morgan fingerprint density at radius 2 is 1.84 bits per heavy atom. The van der Waals surface area contributed by atoms with E-state index in [1.54, 1.807) is 0 Å². The van der Waals surface area contributed by atoms with Gasteiger partial charge < -0.3 is 10.4 Å². The van der Waals surface area contributed by atoms with E-state index in [1.807, 2.05) is 0 Å². The molecule has 1 heterocycles. The quantitative estimate of drug-likeness (QED) is 0.874. The van der Waals surface area contributed by atoms with Gasteiger partial charge in [0.2, 0.25) is 0 Å². The zero-order valence-corrected chi connectivity index (χ0v) is 13.2. The standard InChI is InChI=1S/C17H16FN3O4/c18-11-5-1-2-6-13(11)21-14(22)8-7-12(20-21)15(23)19-17(16(24)25)9-3-4-10-17/h1-2,5-8H,3-4,9-10H2,(H,19,23)(H,24,25). The summed E-state index contributed by atoms with van der Waals surface area (Å²) in [4.78, 5) is 36.0. The Labute approximate surface area is 142 Å². The molecule has 0 bridgehead atoms. The number of halogens is 1. The van der Waals surface area contributed by atoms with Crippen molar-refractivity contribution < 1.29 is 19.1 Å². The van der Waals surface area contributed by atoms with Crippen LogP contribution in [0.15, 0.2) is 41.2 Å². The van der Waals surface area contributed by atoms with Gasteiger partial charge in [-0.3, -0.25) is 9.59 Å². The molecule has 1 aromatic carbocycles. The second-order valence-electron chi connectivity index (χ2n) is 5.97. The number of carbonyl (C=O) groups is 2. The van der Waals surface area contributed by atoms with E-state index in [0.717, 1.165) is 10.7 Å². The predicted molar refractivity (Wildman–Crippen MR) is 86.1 cm³/mol. The van der Waals surface area contributed by atoms with Gasteiger partial charge in [0.15, 0.2) is 0 Å². The highest BCUT2D eigenvalue weighted by molar-refractivity contribution is 5.96. The van der Waals surface area contributed by atoms with Crippen molar-refractivity contribution in [1.29, 1.82) is 0 Å². The van der Waals surface area contributed by atoms with Gasteiger partial charge in [0, 0.05) is 6.07 Å². The van der Waals surface area contributed by atoms with Crippen LogP contribution in [0.4, 0.5) is 4.39 Å². The molecule has 0 unspecified atom stereocenters. The van der Waals surface area contributed by atoms with Crippen molar-refractivity contribution in [1.82, 2.24) is 15.1 Å². The second-order valence-corrected chi connectivity index (χ2v) is 5.97. The van der Waals surface area contributed by atoms with Crippen LogP contribution in [-0.4, -0.2) is 32.3 Å². The largest absolute Gasteiger partial charge is 0.480 e. The summed E-state index contributed by atoms with van der Waals surface area (Å²) in [7, 11) is 0. The summed E-state index contributed by atoms with van der Waals surface area (Å²) in [6.45, 7) is 0. The molecule has 130 valence electrons. The lowest BCUT2D eigenvalue weighted by Gasteiger charge is -2.25. The molecule has 1 aliphatic carbocycles. The van der Waals surface area contributed by atoms with Gasteiger partial charge in [-0.1, -0.05) is 25.0 Å². The third-order valence-corrected chi connectivity index (χ3v) is 4.33. The number of hydrogen-bond acceptors (Lipinski definition) is 4. The molecule has 8 heteroatoms. The number of rotatable bonds is 4. The summed E-state index contributed by atoms with van der Waals surface area (Å²) in [5.41, 5.74) is -2.17. The van der Waals surface area contributed by atoms with Gasteiger partial charge in [0.1, 0.15) is 22.7 Å². The maximum Gasteiger partial charge on any atom is 0.329 e. The molecule has 7 nitrogen and oxygen atoms in total. The fourth-order valence-electron chi connectivity index (χ4n) is 2.98. The first-order chi connectivity index (χ1) is 11.9. The number of carboxylic acids is 1. The van der Waals surface area contributed by atoms with E-state index in [-0.39, 0.29) is 11.4 Å². The molecule has 3 rings (SSSR count). The Balaban J connectivity index is 1.95. The lowest BCUT2D eigenvalue weighted by atomic mass is 9.97. The molecular formula is C17H16FN3O4. The number of para-hydroxylation sites is 1. The summed E-state index contributed by atoms with van der Waals surface area (Å²) in [6, 6.07) is 7.83. The third kappa shape index (κ3) is 3.15. The average molecular weight is 345 g/mol. The average Bonchev–Trinajstić information content (AvgIpc) is 3.06. The molecule has 1 aromatic heterocycles. The lowest BCUT2D eigenvalue weighted by Crippen LogP contribution is -2.52. The Morgan fingerprint density at radius 1 is 1.16 bits per heavy atom. The van der Waals surface area contributed by atoms with Crippen molar-refractivity contribution in [2.75, 3.05) is 0 Å². The predicted octanol–water partition coefficient (Wildman–Crippen LogP) is 1.50. The minimum absolute atomic E-state index is 0.0871. The van der Waals surface area contributed by atoms with Gasteiger partial charge in [0.05, 0.1) is 0 Å². The number of nitrogens with one attached hydrogen (secondary N) is 1. The number of hydrogen-bond donors (Lipinski definition) is 2. The molecule has 1 amide bonds. The monoisotopic (exact) mass is 345 g/mol. The summed E-state index contributed by atoms with van der Waals surface area (Å²) in [6.07, 6.45) is 2.07. The number of carboxylic acid groups (broad SMARTS) is 1. The van der Waals surface area contributed by atoms with Gasteiger partial charge in [-0.25, -0.2) is 9.18 Å². The molecular weight excluding hydrogens is 329 g/mol. The van der Waals surface area contributed by atoms with Crippen molar-refractivity contribution in [3.63, 3.8) is 0 Å². The van der Waals surface area contributed by atoms with E-state index >= 15 is 0 Å². The van der Waals surface area contributed by atoms with Crippen LogP contribution < -0.4 is 10.9 Å². The number of carbonyl (C=O) groups excluding carboxylic acids is 1. The lowest BCUT2D eigenvalue weighted by molar-refractivity contribution is -0.144. The molecule has 25 heavy (non-hydrogen) atoms. The Morgan fingerprint density at radius 3 is 2.48 bits per heavy atom. The molecule has 1 aliphatic rings. The number of aromatic nitrogens is 2. The first kappa shape index (κ1) is 16.8. The van der Waals surface area contributed by atoms with Crippen molar-refractivity contribution in [3.8, 4) is 5.69 Å². The molecule has 2 aromatic rings. The van der Waals surface area contributed by atoms with Gasteiger partial charge in [-0.2, -0.15) is 9.78 Å². The van der Waals surface area contributed by atoms with Crippen LogP contribution in [0.1, 0.15) is 36.2 Å². The summed E-state index contributed by atoms with van der Waals surface area (Å²) >= 11 is 0. The van der Waals surface area contributed by atoms with E-state index < -0.39 is 28.8 Å². The smallest absolute Gasteiger partial charge is 0.329 e. The number of nitrogens with zero attached hydrogens (tertiary/aromatic N) is 2. The summed E-state index contributed by atoms with van der Waals surface area (Å²) in [5, 5.41) is 15.8. The molecule has 0 saturated heterocycles. The molecule has 2 N–H and O–H groups in total. The van der Waals surface area contributed by atoms with Gasteiger partial charge in [0.25, 0.3) is 11.5 Å². The van der Waals surface area contributed by atoms with Crippen LogP contribution in [0.25, 0.3) is 5.69 Å². The summed E-state index contributed by atoms with van der Waals surface area (Å²) < 4.78 is 14.7. The van der Waals surface area contributed by atoms with Crippen LogP contribution in [0, 0.1) is 5.82 Å². The Hall–Kier alpha value is -3.03. The van der Waals surface area contributed by atoms with Gasteiger partial charge in [-0.15, -0.1) is 0 Å². The maximum absolute atomic E-state index is 13.9. The van der Waals surface area contributed by atoms with Crippen LogP contribution in [-0.2, 0) is 4.79 Å². The molecule has 0 spiro atoms. The van der Waals surface area contributed by atoms with E-state index in [4.69, 9.17) is 0 Å². The van der Waals surface area contributed by atoms with Crippen molar-refractivity contribution in [3.05, 3.63) is 58.3 Å². The molecule has 1 fully saturated rings. The molecule has 0 aliphatic heterocycles. The Bertz CT molecular complexity index is 887. The van der Waals surface area contributed by atoms with E-state index in [1.165, 1.54) is 30.3 Å². The molecule has 0 atom stereocenters. The van der Waals surface area contributed by atoms with E-state index in [2.05, 4.69) is 10.4 Å². The van der Waals surface area contributed by atoms with Crippen LogP contribution >= 0.6 is 0 Å². The van der Waals surface area contributed by atoms with E-state index in [9.17, 15) is 23.9 Å². The first-order valence-corrected chi connectivity index (χ1v) is 7.84. The fraction of sp³-hybridized carbons (Fsp3) is 0.294. The third-order valence-electron chi connectivity index (χ3n) is 4.33. The number of benzene rings is 1. The number of amides is 1. The van der Waals surface area contributed by atoms with E-state index in [0.29, 0.717) is 25.7 Å². The highest BCUT2D eigenvalue weighted by Gasteiger charge is 2.43. The normalized spacial score (nSPS) is 15.7. The zero-order chi connectivity index (χ0) is 18.0. The SMILES string of the molecule is O=C(NC1(C(=O)O)CCCC1)c1ccc(=O)n(-c2ccccc2F)n1. The van der Waals surface area contributed by atoms with Crippen molar-refractivity contribution in [2.24, 2.45) is 0 Å². The second kappa shape index (κ2) is 6.46. The van der Waals surface area contributed by atoms with Crippen LogP contribution in [0.5, 0.6) is 0 Å². The topological polar surface area (TPSA) is 101 Å². The fourth-order valence-corrected chi connectivity index (χ4v) is 2.98. The van der Waals surface area contributed by atoms with Crippen LogP contribution in [0.2, 0.25) is 0 Å². The first-order valence-electron chi connectivity index (χ1n) is 7.84. The van der Waals surface area contributed by atoms with Gasteiger partial charge >= 0.3 is 5.97 Å². The molecule has 1 saturated carbocycles. The maximum atomic E-state index is 13.9. The van der Waals surface area contributed by atoms with Crippen molar-refractivity contribution >= 4 is 11.9 Å². The minimum Gasteiger partial charge on any atom is -0.480 e. The van der Waals surface area contributed by atoms with Crippen molar-refractivity contribution in [2.45, 2.75) is 31.2 Å².